The maximum absolute atomic E-state index is 11.5. The van der Waals surface area contributed by atoms with Crippen LogP contribution >= 0.6 is 0 Å². The average Bonchev–Trinajstić information content (AvgIpc) is 2.73. The van der Waals surface area contributed by atoms with Gasteiger partial charge in [0.05, 0.1) is 0 Å². The zero-order valence-corrected chi connectivity index (χ0v) is 17.4. The number of ketones is 2. The fraction of sp³-hybridized carbons (Fsp3) is 0.909. The van der Waals surface area contributed by atoms with Crippen molar-refractivity contribution in [2.75, 3.05) is 0 Å². The highest BCUT2D eigenvalue weighted by Crippen LogP contribution is 2.47. The van der Waals surface area contributed by atoms with Gasteiger partial charge in [0.15, 0.2) is 0 Å². The van der Waals surface area contributed by atoms with Crippen LogP contribution in [0.25, 0.3) is 0 Å². The van der Waals surface area contributed by atoms with Crippen LogP contribution in [-0.2, 0) is 9.59 Å². The fourth-order valence-electron chi connectivity index (χ4n) is 5.18. The third-order valence-corrected chi connectivity index (χ3v) is 6.61. The number of Topliss-reactive ketones (excluding diaryl/α,β-unsaturated/α-hetero) is 2. The minimum absolute atomic E-state index is 0.236. The summed E-state index contributed by atoms with van der Waals surface area (Å²) in [7, 11) is 0. The zero-order chi connectivity index (χ0) is 18.8. The van der Waals surface area contributed by atoms with Gasteiger partial charge in [-0.3, -0.25) is 9.59 Å². The van der Waals surface area contributed by atoms with Gasteiger partial charge in [0.25, 0.3) is 0 Å². The van der Waals surface area contributed by atoms with E-state index in [9.17, 15) is 9.59 Å². The number of carbonyl (C=O) groups excluding carboxylic acids is 2. The van der Waals surface area contributed by atoms with Crippen molar-refractivity contribution in [3.8, 4) is 0 Å². The average molecular weight is 337 g/mol. The Hall–Kier alpha value is -0.660. The highest BCUT2D eigenvalue weighted by molar-refractivity contribution is 5.82. The fourth-order valence-corrected chi connectivity index (χ4v) is 5.18. The van der Waals surface area contributed by atoms with Crippen molar-refractivity contribution in [3.05, 3.63) is 0 Å². The molecule has 2 fully saturated rings. The minimum atomic E-state index is 0.236. The van der Waals surface area contributed by atoms with Crippen LogP contribution in [-0.4, -0.2) is 11.6 Å². The summed E-state index contributed by atoms with van der Waals surface area (Å²) in [5, 5.41) is 0. The number of hydrogen-bond donors (Lipinski definition) is 0. The summed E-state index contributed by atoms with van der Waals surface area (Å²) in [5.41, 5.74) is 0.810. The van der Waals surface area contributed by atoms with Crippen LogP contribution in [0.5, 0.6) is 0 Å². The van der Waals surface area contributed by atoms with Crippen molar-refractivity contribution in [3.63, 3.8) is 0 Å². The molecule has 0 aromatic carbocycles. The summed E-state index contributed by atoms with van der Waals surface area (Å²) in [5.74, 6) is 2.20. The number of carbonyl (C=O) groups is 2. The minimum Gasteiger partial charge on any atom is -0.300 e. The molecular formula is C22H40O2. The highest BCUT2D eigenvalue weighted by atomic mass is 16.1. The summed E-state index contributed by atoms with van der Waals surface area (Å²) in [6, 6.07) is 0. The summed E-state index contributed by atoms with van der Waals surface area (Å²) in [6.45, 7) is 17.8. The van der Waals surface area contributed by atoms with Gasteiger partial charge in [-0.05, 0) is 34.5 Å². The molecule has 3 unspecified atom stereocenters. The molecule has 2 nitrogen and oxygen atoms in total. The molecule has 0 aromatic rings. The van der Waals surface area contributed by atoms with Crippen LogP contribution in [0, 0.1) is 28.1 Å². The topological polar surface area (TPSA) is 34.1 Å². The lowest BCUT2D eigenvalue weighted by molar-refractivity contribution is -0.127. The molecule has 2 heteroatoms. The van der Waals surface area contributed by atoms with E-state index in [1.165, 1.54) is 6.42 Å². The van der Waals surface area contributed by atoms with Crippen LogP contribution in [0.4, 0.5) is 0 Å². The standard InChI is InChI=1S/2C11H20O/c1-5-11(4)7-9(12)6-10(2,3)8-11;1-5-11(4)7-9(12)6-10(11)8(2)3/h5-8H2,1-4H3;8,10H,5-7H2,1-4H3. The van der Waals surface area contributed by atoms with E-state index in [1.54, 1.807) is 0 Å². The Morgan fingerprint density at radius 2 is 1.50 bits per heavy atom. The molecule has 140 valence electrons. The molecule has 0 radical (unpaired) electrons. The summed E-state index contributed by atoms with van der Waals surface area (Å²) in [6.07, 6.45) is 6.68. The summed E-state index contributed by atoms with van der Waals surface area (Å²) >= 11 is 0. The molecule has 0 saturated heterocycles. The van der Waals surface area contributed by atoms with E-state index in [0.29, 0.717) is 28.8 Å². The molecule has 2 rings (SSSR count). The second-order valence-electron chi connectivity index (χ2n) is 10.2. The Kier molecular flexibility index (Phi) is 6.86. The van der Waals surface area contributed by atoms with Crippen molar-refractivity contribution >= 4 is 11.6 Å². The van der Waals surface area contributed by atoms with Crippen LogP contribution in [0.1, 0.15) is 100 Å². The monoisotopic (exact) mass is 336 g/mol. The molecule has 0 heterocycles. The molecule has 2 aliphatic carbocycles. The van der Waals surface area contributed by atoms with Crippen LogP contribution in [0.2, 0.25) is 0 Å². The zero-order valence-electron chi connectivity index (χ0n) is 17.4. The molecule has 0 aromatic heterocycles. The van der Waals surface area contributed by atoms with E-state index in [0.717, 1.165) is 38.5 Å². The molecule has 0 spiro atoms. The third-order valence-electron chi connectivity index (χ3n) is 6.61. The molecule has 3 atom stereocenters. The molecule has 2 saturated carbocycles. The lowest BCUT2D eigenvalue weighted by atomic mass is 9.63. The molecule has 0 aliphatic heterocycles. The third kappa shape index (κ3) is 5.43. The molecule has 24 heavy (non-hydrogen) atoms. The first-order valence-electron chi connectivity index (χ1n) is 9.90. The first-order valence-corrected chi connectivity index (χ1v) is 9.90. The Morgan fingerprint density at radius 1 is 0.917 bits per heavy atom. The molecule has 0 N–H and O–H groups in total. The smallest absolute Gasteiger partial charge is 0.133 e. The van der Waals surface area contributed by atoms with E-state index < -0.39 is 0 Å². The Morgan fingerprint density at radius 3 is 1.88 bits per heavy atom. The largest absolute Gasteiger partial charge is 0.300 e. The van der Waals surface area contributed by atoms with Crippen molar-refractivity contribution < 1.29 is 9.59 Å². The van der Waals surface area contributed by atoms with Gasteiger partial charge in [0.2, 0.25) is 0 Å². The second-order valence-corrected chi connectivity index (χ2v) is 10.2. The number of rotatable bonds is 3. The first-order chi connectivity index (χ1) is 10.9. The number of hydrogen-bond acceptors (Lipinski definition) is 2. The van der Waals surface area contributed by atoms with Crippen LogP contribution in [0.3, 0.4) is 0 Å². The van der Waals surface area contributed by atoms with Gasteiger partial charge in [-0.1, -0.05) is 68.2 Å². The van der Waals surface area contributed by atoms with Crippen LogP contribution in [0.15, 0.2) is 0 Å². The van der Waals surface area contributed by atoms with Gasteiger partial charge < -0.3 is 0 Å². The van der Waals surface area contributed by atoms with Gasteiger partial charge in [-0.15, -0.1) is 0 Å². The maximum atomic E-state index is 11.5. The maximum Gasteiger partial charge on any atom is 0.133 e. The second kappa shape index (κ2) is 7.70. The Labute approximate surface area is 150 Å². The van der Waals surface area contributed by atoms with E-state index in [4.69, 9.17) is 0 Å². The van der Waals surface area contributed by atoms with E-state index in [-0.39, 0.29) is 10.8 Å². The SMILES string of the molecule is CCC1(C)CC(=O)CC(C)(C)C1.CCC1(C)CC(=O)CC1C(C)C. The molecular weight excluding hydrogens is 296 g/mol. The van der Waals surface area contributed by atoms with E-state index in [2.05, 4.69) is 55.4 Å². The van der Waals surface area contributed by atoms with Gasteiger partial charge in [0, 0.05) is 25.7 Å². The lowest BCUT2D eigenvalue weighted by Gasteiger charge is -2.41. The first kappa shape index (κ1) is 21.4. The van der Waals surface area contributed by atoms with Gasteiger partial charge >= 0.3 is 0 Å². The highest BCUT2D eigenvalue weighted by Gasteiger charge is 2.43. The van der Waals surface area contributed by atoms with E-state index in [1.807, 2.05) is 0 Å². The molecule has 2 aliphatic rings. The van der Waals surface area contributed by atoms with Crippen molar-refractivity contribution in [2.24, 2.45) is 28.1 Å². The Balaban J connectivity index is 0.000000240. The van der Waals surface area contributed by atoms with Crippen molar-refractivity contribution in [1.29, 1.82) is 0 Å². The predicted molar refractivity (Wildman–Crippen MR) is 102 cm³/mol. The van der Waals surface area contributed by atoms with Gasteiger partial charge in [0.1, 0.15) is 11.6 Å². The van der Waals surface area contributed by atoms with E-state index >= 15 is 0 Å². The van der Waals surface area contributed by atoms with Gasteiger partial charge in [-0.2, -0.15) is 0 Å². The summed E-state index contributed by atoms with van der Waals surface area (Å²) in [4.78, 5) is 22.8. The quantitative estimate of drug-likeness (QED) is 0.613. The normalized spacial score (nSPS) is 35.8. The molecule has 0 amide bonds. The predicted octanol–water partition coefficient (Wildman–Crippen LogP) is 6.22. The van der Waals surface area contributed by atoms with Crippen molar-refractivity contribution in [2.45, 2.75) is 100 Å². The van der Waals surface area contributed by atoms with Gasteiger partial charge in [-0.25, -0.2) is 0 Å². The summed E-state index contributed by atoms with van der Waals surface area (Å²) < 4.78 is 0. The van der Waals surface area contributed by atoms with Crippen LogP contribution < -0.4 is 0 Å². The molecule has 0 bridgehead atoms. The Bertz CT molecular complexity index is 463. The van der Waals surface area contributed by atoms with Crippen molar-refractivity contribution in [1.82, 2.24) is 0 Å². The lowest BCUT2D eigenvalue weighted by Crippen LogP contribution is -2.35.